The highest BCUT2D eigenvalue weighted by Crippen LogP contribution is 2.36. The average molecular weight is 331 g/mol. The lowest BCUT2D eigenvalue weighted by atomic mass is 9.89. The van der Waals surface area contributed by atoms with Gasteiger partial charge in [-0.1, -0.05) is 61.0 Å². The zero-order valence-corrected chi connectivity index (χ0v) is 14.2. The third kappa shape index (κ3) is 4.14. The zero-order chi connectivity index (χ0) is 16.2. The van der Waals surface area contributed by atoms with Gasteiger partial charge < -0.3 is 9.84 Å². The van der Waals surface area contributed by atoms with Crippen molar-refractivity contribution >= 4 is 11.6 Å². The maximum atomic E-state index is 9.42. The minimum absolute atomic E-state index is 0.0442. The maximum Gasteiger partial charge on any atom is 0.0832 e. The van der Waals surface area contributed by atoms with Crippen molar-refractivity contribution in [1.82, 2.24) is 0 Å². The van der Waals surface area contributed by atoms with Crippen LogP contribution in [0.1, 0.15) is 42.6 Å². The van der Waals surface area contributed by atoms with E-state index in [1.807, 2.05) is 30.3 Å². The lowest BCUT2D eigenvalue weighted by molar-refractivity contribution is -0.0900. The fourth-order valence-electron chi connectivity index (χ4n) is 3.33. The standard InChI is InChI=1S/C20H23ClO2/c1-14-9-18(13-22)23-20(10-14)16-7-8-19(21)17(12-16)11-15-5-3-2-4-6-15/h2-8,12,14,18,20,22H,9-11,13H2,1H3/t14-,18-,20+/m0/s1. The van der Waals surface area contributed by atoms with Gasteiger partial charge in [0.1, 0.15) is 0 Å². The molecule has 1 heterocycles. The molecule has 0 saturated carbocycles. The van der Waals surface area contributed by atoms with Gasteiger partial charge in [0.05, 0.1) is 18.8 Å². The van der Waals surface area contributed by atoms with E-state index < -0.39 is 0 Å². The van der Waals surface area contributed by atoms with E-state index >= 15 is 0 Å². The molecule has 2 aromatic carbocycles. The summed E-state index contributed by atoms with van der Waals surface area (Å²) in [5.74, 6) is 0.555. The van der Waals surface area contributed by atoms with Gasteiger partial charge >= 0.3 is 0 Å². The summed E-state index contributed by atoms with van der Waals surface area (Å²) in [5.41, 5.74) is 3.53. The van der Waals surface area contributed by atoms with Gasteiger partial charge in [-0.15, -0.1) is 0 Å². The largest absolute Gasteiger partial charge is 0.394 e. The molecule has 1 saturated heterocycles. The van der Waals surface area contributed by atoms with E-state index in [9.17, 15) is 5.11 Å². The molecule has 0 unspecified atom stereocenters. The molecule has 2 nitrogen and oxygen atoms in total. The van der Waals surface area contributed by atoms with Crippen LogP contribution < -0.4 is 0 Å². The van der Waals surface area contributed by atoms with E-state index in [0.29, 0.717) is 5.92 Å². The zero-order valence-electron chi connectivity index (χ0n) is 13.4. The molecule has 122 valence electrons. The lowest BCUT2D eigenvalue weighted by Crippen LogP contribution is -2.29. The van der Waals surface area contributed by atoms with Gasteiger partial charge in [0.25, 0.3) is 0 Å². The van der Waals surface area contributed by atoms with Crippen molar-refractivity contribution in [3.63, 3.8) is 0 Å². The van der Waals surface area contributed by atoms with Crippen molar-refractivity contribution < 1.29 is 9.84 Å². The van der Waals surface area contributed by atoms with Crippen molar-refractivity contribution in [2.24, 2.45) is 5.92 Å². The second kappa shape index (κ2) is 7.48. The summed E-state index contributed by atoms with van der Waals surface area (Å²) in [6.45, 7) is 2.31. The number of hydrogen-bond acceptors (Lipinski definition) is 2. The second-order valence-electron chi connectivity index (χ2n) is 6.52. The molecule has 1 N–H and O–H groups in total. The first kappa shape index (κ1) is 16.5. The van der Waals surface area contributed by atoms with Crippen LogP contribution in [0, 0.1) is 5.92 Å². The Bertz CT molecular complexity index is 641. The van der Waals surface area contributed by atoms with Gasteiger partial charge in [-0.25, -0.2) is 0 Å². The summed E-state index contributed by atoms with van der Waals surface area (Å²) in [6.07, 6.45) is 2.72. The van der Waals surface area contributed by atoms with Gasteiger partial charge in [0.2, 0.25) is 0 Å². The van der Waals surface area contributed by atoms with E-state index in [4.69, 9.17) is 16.3 Å². The number of halogens is 1. The number of aliphatic hydroxyl groups excluding tert-OH is 1. The third-order valence-electron chi connectivity index (χ3n) is 4.52. The molecule has 2 aromatic rings. The van der Waals surface area contributed by atoms with Gasteiger partial charge in [-0.3, -0.25) is 0 Å². The number of aliphatic hydroxyl groups is 1. The van der Waals surface area contributed by atoms with Crippen molar-refractivity contribution in [2.45, 2.75) is 38.4 Å². The fraction of sp³-hybridized carbons (Fsp3) is 0.400. The minimum atomic E-state index is -0.0583. The Balaban J connectivity index is 1.82. The first-order chi connectivity index (χ1) is 11.2. The Morgan fingerprint density at radius 1 is 1.13 bits per heavy atom. The summed E-state index contributed by atoms with van der Waals surface area (Å²) in [4.78, 5) is 0. The molecule has 1 fully saturated rings. The molecule has 1 aliphatic heterocycles. The predicted octanol–water partition coefficient (Wildman–Crippen LogP) is 4.78. The molecule has 0 aliphatic carbocycles. The van der Waals surface area contributed by atoms with E-state index in [0.717, 1.165) is 35.4 Å². The van der Waals surface area contributed by atoms with Crippen molar-refractivity contribution in [3.8, 4) is 0 Å². The quantitative estimate of drug-likeness (QED) is 0.874. The second-order valence-corrected chi connectivity index (χ2v) is 6.93. The Kier molecular flexibility index (Phi) is 5.37. The smallest absolute Gasteiger partial charge is 0.0832 e. The monoisotopic (exact) mass is 330 g/mol. The van der Waals surface area contributed by atoms with Crippen LogP contribution in [0.5, 0.6) is 0 Å². The van der Waals surface area contributed by atoms with Crippen LogP contribution in [0.25, 0.3) is 0 Å². The summed E-state index contributed by atoms with van der Waals surface area (Å²) in [5, 5.41) is 10.2. The molecular weight excluding hydrogens is 308 g/mol. The number of hydrogen-bond donors (Lipinski definition) is 1. The Hall–Kier alpha value is -1.35. The van der Waals surface area contributed by atoms with Crippen LogP contribution in [0.2, 0.25) is 5.02 Å². The van der Waals surface area contributed by atoms with Crippen molar-refractivity contribution in [1.29, 1.82) is 0 Å². The van der Waals surface area contributed by atoms with Crippen LogP contribution in [0.3, 0.4) is 0 Å². The number of ether oxygens (including phenoxy) is 1. The van der Waals surface area contributed by atoms with Crippen LogP contribution in [-0.4, -0.2) is 17.8 Å². The third-order valence-corrected chi connectivity index (χ3v) is 4.89. The molecule has 3 heteroatoms. The van der Waals surface area contributed by atoms with E-state index in [1.165, 1.54) is 5.56 Å². The molecule has 3 atom stereocenters. The van der Waals surface area contributed by atoms with E-state index in [-0.39, 0.29) is 18.8 Å². The van der Waals surface area contributed by atoms with Gasteiger partial charge in [-0.05, 0) is 47.9 Å². The molecule has 0 spiro atoms. The predicted molar refractivity (Wildman–Crippen MR) is 93.8 cm³/mol. The minimum Gasteiger partial charge on any atom is -0.394 e. The highest BCUT2D eigenvalue weighted by molar-refractivity contribution is 6.31. The number of rotatable bonds is 4. The van der Waals surface area contributed by atoms with Crippen LogP contribution in [0.4, 0.5) is 0 Å². The van der Waals surface area contributed by atoms with Crippen LogP contribution >= 0.6 is 11.6 Å². The van der Waals surface area contributed by atoms with Gasteiger partial charge in [0, 0.05) is 5.02 Å². The van der Waals surface area contributed by atoms with Crippen LogP contribution in [-0.2, 0) is 11.2 Å². The SMILES string of the molecule is C[C@H]1C[C@@H](CO)O[C@@H](c2ccc(Cl)c(Cc3ccccc3)c2)C1. The molecule has 3 rings (SSSR count). The van der Waals surface area contributed by atoms with E-state index in [1.54, 1.807) is 0 Å². The van der Waals surface area contributed by atoms with E-state index in [2.05, 4.69) is 25.1 Å². The summed E-state index contributed by atoms with van der Waals surface area (Å²) in [7, 11) is 0. The molecule has 0 bridgehead atoms. The highest BCUT2D eigenvalue weighted by atomic mass is 35.5. The Morgan fingerprint density at radius 3 is 2.65 bits per heavy atom. The highest BCUT2D eigenvalue weighted by Gasteiger charge is 2.28. The normalized spacial score (nSPS) is 24.6. The average Bonchev–Trinajstić information content (AvgIpc) is 2.57. The van der Waals surface area contributed by atoms with Crippen LogP contribution in [0.15, 0.2) is 48.5 Å². The number of benzene rings is 2. The fourth-order valence-corrected chi connectivity index (χ4v) is 3.52. The summed E-state index contributed by atoms with van der Waals surface area (Å²) in [6, 6.07) is 16.5. The summed E-state index contributed by atoms with van der Waals surface area (Å²) < 4.78 is 6.04. The van der Waals surface area contributed by atoms with Gasteiger partial charge in [0.15, 0.2) is 0 Å². The lowest BCUT2D eigenvalue weighted by Gasteiger charge is -2.33. The molecule has 1 aliphatic rings. The molecule has 0 amide bonds. The molecular formula is C20H23ClO2. The van der Waals surface area contributed by atoms with Gasteiger partial charge in [-0.2, -0.15) is 0 Å². The van der Waals surface area contributed by atoms with Crippen molar-refractivity contribution in [3.05, 3.63) is 70.2 Å². The summed E-state index contributed by atoms with van der Waals surface area (Å²) >= 11 is 6.39. The topological polar surface area (TPSA) is 29.5 Å². The maximum absolute atomic E-state index is 9.42. The Labute approximate surface area is 143 Å². The first-order valence-electron chi connectivity index (χ1n) is 8.24. The molecule has 0 aromatic heterocycles. The van der Waals surface area contributed by atoms with Crippen molar-refractivity contribution in [2.75, 3.05) is 6.61 Å². The Morgan fingerprint density at radius 2 is 1.91 bits per heavy atom. The molecule has 0 radical (unpaired) electrons. The molecule has 23 heavy (non-hydrogen) atoms. The first-order valence-corrected chi connectivity index (χ1v) is 8.62.